The first-order valence-corrected chi connectivity index (χ1v) is 10.2. The van der Waals surface area contributed by atoms with Crippen LogP contribution in [0, 0.1) is 0 Å². The van der Waals surface area contributed by atoms with Crippen LogP contribution < -0.4 is 10.2 Å². The number of carbonyl (C=O) groups is 2. The van der Waals surface area contributed by atoms with E-state index in [4.69, 9.17) is 11.6 Å². The van der Waals surface area contributed by atoms with Crippen molar-refractivity contribution in [2.45, 2.75) is 19.4 Å². The lowest BCUT2D eigenvalue weighted by Crippen LogP contribution is -2.31. The molecule has 1 N–H and O–H groups in total. The highest BCUT2D eigenvalue weighted by Gasteiger charge is 2.17. The van der Waals surface area contributed by atoms with Gasteiger partial charge in [0, 0.05) is 29.9 Å². The van der Waals surface area contributed by atoms with Crippen molar-refractivity contribution in [3.05, 3.63) is 81.8 Å². The minimum Gasteiger partial charge on any atom is -0.351 e. The van der Waals surface area contributed by atoms with Crippen molar-refractivity contribution in [3.8, 4) is 0 Å². The van der Waals surface area contributed by atoms with E-state index in [1.807, 2.05) is 41.8 Å². The molecule has 0 aliphatic heterocycles. The average molecular weight is 414 g/mol. The molecule has 0 atom stereocenters. The quantitative estimate of drug-likeness (QED) is 0.551. The monoisotopic (exact) mass is 413 g/mol. The minimum atomic E-state index is -0.106. The first kappa shape index (κ1) is 20.0. The Morgan fingerprint density at radius 2 is 1.89 bits per heavy atom. The Hall–Kier alpha value is -2.70. The van der Waals surface area contributed by atoms with Crippen LogP contribution in [0.5, 0.6) is 0 Å². The number of carbonyl (C=O) groups excluding carboxylic acids is 2. The molecule has 144 valence electrons. The maximum absolute atomic E-state index is 12.9. The van der Waals surface area contributed by atoms with E-state index in [9.17, 15) is 9.59 Å². The van der Waals surface area contributed by atoms with Gasteiger partial charge in [-0.05, 0) is 54.3 Å². The summed E-state index contributed by atoms with van der Waals surface area (Å²) in [6.07, 6.45) is 2.59. The predicted molar refractivity (Wildman–Crippen MR) is 113 cm³/mol. The SMILES string of the molecule is O=C(NCCCC(=O)N(Cc1ccccn1)c1ccc(Cl)cc1)c1cccs1. The molecule has 2 aromatic heterocycles. The van der Waals surface area contributed by atoms with E-state index in [1.54, 1.807) is 29.3 Å². The highest BCUT2D eigenvalue weighted by molar-refractivity contribution is 7.12. The predicted octanol–water partition coefficient (Wildman–Crippen LogP) is 4.54. The van der Waals surface area contributed by atoms with Gasteiger partial charge in [-0.1, -0.05) is 23.7 Å². The first-order valence-electron chi connectivity index (χ1n) is 8.91. The lowest BCUT2D eigenvalue weighted by atomic mass is 10.2. The highest BCUT2D eigenvalue weighted by Crippen LogP contribution is 2.21. The molecule has 3 rings (SSSR count). The Morgan fingerprint density at radius 3 is 2.57 bits per heavy atom. The number of anilines is 1. The van der Waals surface area contributed by atoms with Crippen LogP contribution in [-0.2, 0) is 11.3 Å². The highest BCUT2D eigenvalue weighted by atomic mass is 35.5. The first-order chi connectivity index (χ1) is 13.6. The molecule has 3 aromatic rings. The van der Waals surface area contributed by atoms with Crippen molar-refractivity contribution in [3.63, 3.8) is 0 Å². The summed E-state index contributed by atoms with van der Waals surface area (Å²) in [4.78, 5) is 31.5. The van der Waals surface area contributed by atoms with Crippen molar-refractivity contribution in [2.75, 3.05) is 11.4 Å². The van der Waals surface area contributed by atoms with Crippen molar-refractivity contribution in [1.82, 2.24) is 10.3 Å². The van der Waals surface area contributed by atoms with Gasteiger partial charge in [0.15, 0.2) is 0 Å². The lowest BCUT2D eigenvalue weighted by Gasteiger charge is -2.23. The molecule has 2 amide bonds. The lowest BCUT2D eigenvalue weighted by molar-refractivity contribution is -0.118. The summed E-state index contributed by atoms with van der Waals surface area (Å²) in [6.45, 7) is 0.823. The van der Waals surface area contributed by atoms with Crippen LogP contribution in [0.2, 0.25) is 5.02 Å². The van der Waals surface area contributed by atoms with Gasteiger partial charge in [-0.15, -0.1) is 11.3 Å². The summed E-state index contributed by atoms with van der Waals surface area (Å²) in [5.41, 5.74) is 1.57. The third-order valence-electron chi connectivity index (χ3n) is 4.08. The fourth-order valence-electron chi connectivity index (χ4n) is 2.67. The van der Waals surface area contributed by atoms with Crippen LogP contribution >= 0.6 is 22.9 Å². The van der Waals surface area contributed by atoms with Crippen molar-refractivity contribution < 1.29 is 9.59 Å². The zero-order chi connectivity index (χ0) is 19.8. The Labute approximate surface area is 173 Å². The van der Waals surface area contributed by atoms with Gasteiger partial charge in [0.05, 0.1) is 17.1 Å². The van der Waals surface area contributed by atoms with Crippen molar-refractivity contribution in [1.29, 1.82) is 0 Å². The van der Waals surface area contributed by atoms with Gasteiger partial charge in [-0.2, -0.15) is 0 Å². The standard InChI is InChI=1S/C21H20ClN3O2S/c22-16-8-10-18(11-9-16)25(15-17-5-1-2-12-23-17)20(26)7-3-13-24-21(27)19-6-4-14-28-19/h1-2,4-6,8-12,14H,3,7,13,15H2,(H,24,27). The normalized spacial score (nSPS) is 10.5. The molecule has 1 aromatic carbocycles. The Balaban J connectivity index is 1.59. The van der Waals surface area contributed by atoms with Crippen LogP contribution in [0.15, 0.2) is 66.2 Å². The number of thiophene rings is 1. The molecule has 0 spiro atoms. The number of pyridine rings is 1. The summed E-state index contributed by atoms with van der Waals surface area (Å²) in [5, 5.41) is 5.32. The van der Waals surface area contributed by atoms with Gasteiger partial charge in [0.1, 0.15) is 0 Å². The van der Waals surface area contributed by atoms with E-state index >= 15 is 0 Å². The molecule has 0 fully saturated rings. The Kier molecular flexibility index (Phi) is 7.17. The van der Waals surface area contributed by atoms with E-state index in [-0.39, 0.29) is 11.8 Å². The topological polar surface area (TPSA) is 62.3 Å². The smallest absolute Gasteiger partial charge is 0.261 e. The second-order valence-electron chi connectivity index (χ2n) is 6.11. The Morgan fingerprint density at radius 1 is 1.07 bits per heavy atom. The molecule has 2 heterocycles. The largest absolute Gasteiger partial charge is 0.351 e. The molecule has 0 saturated heterocycles. The molecule has 0 aliphatic rings. The molecule has 0 bridgehead atoms. The molecule has 7 heteroatoms. The number of nitrogens with zero attached hydrogens (tertiary/aromatic N) is 2. The van der Waals surface area contributed by atoms with Crippen molar-refractivity contribution in [2.24, 2.45) is 0 Å². The summed E-state index contributed by atoms with van der Waals surface area (Å²) in [6, 6.07) is 16.4. The number of halogens is 1. The Bertz CT molecular complexity index is 899. The van der Waals surface area contributed by atoms with Crippen LogP contribution in [0.25, 0.3) is 0 Å². The minimum absolute atomic E-state index is 0.0293. The van der Waals surface area contributed by atoms with Crippen LogP contribution in [0.4, 0.5) is 5.69 Å². The fraction of sp³-hybridized carbons (Fsp3) is 0.190. The van der Waals surface area contributed by atoms with E-state index in [2.05, 4.69) is 10.3 Å². The zero-order valence-electron chi connectivity index (χ0n) is 15.2. The summed E-state index contributed by atoms with van der Waals surface area (Å²) in [7, 11) is 0. The van der Waals surface area contributed by atoms with Gasteiger partial charge in [-0.25, -0.2) is 0 Å². The summed E-state index contributed by atoms with van der Waals surface area (Å²) < 4.78 is 0. The summed E-state index contributed by atoms with van der Waals surface area (Å²) >= 11 is 7.37. The van der Waals surface area contributed by atoms with Crippen LogP contribution in [0.3, 0.4) is 0 Å². The molecule has 0 radical (unpaired) electrons. The van der Waals surface area contributed by atoms with Crippen LogP contribution in [-0.4, -0.2) is 23.3 Å². The molecule has 5 nitrogen and oxygen atoms in total. The zero-order valence-corrected chi connectivity index (χ0v) is 16.7. The van der Waals surface area contributed by atoms with E-state index < -0.39 is 0 Å². The molecular formula is C21H20ClN3O2S. The van der Waals surface area contributed by atoms with Gasteiger partial charge < -0.3 is 10.2 Å². The number of benzene rings is 1. The molecule has 0 unspecified atom stereocenters. The molecule has 28 heavy (non-hydrogen) atoms. The third-order valence-corrected chi connectivity index (χ3v) is 5.20. The van der Waals surface area contributed by atoms with Gasteiger partial charge in [0.2, 0.25) is 5.91 Å². The summed E-state index contributed by atoms with van der Waals surface area (Å²) in [5.74, 6) is -0.135. The number of nitrogens with one attached hydrogen (secondary N) is 1. The van der Waals surface area contributed by atoms with Gasteiger partial charge >= 0.3 is 0 Å². The van der Waals surface area contributed by atoms with E-state index in [0.29, 0.717) is 35.8 Å². The number of rotatable bonds is 8. The molecule has 0 aliphatic carbocycles. The second kappa shape index (κ2) is 10.0. The second-order valence-corrected chi connectivity index (χ2v) is 7.50. The number of amides is 2. The molecular weight excluding hydrogens is 394 g/mol. The number of hydrogen-bond acceptors (Lipinski definition) is 4. The van der Waals surface area contributed by atoms with Crippen molar-refractivity contribution >= 4 is 40.4 Å². The van der Waals surface area contributed by atoms with Gasteiger partial charge in [0.25, 0.3) is 5.91 Å². The third kappa shape index (κ3) is 5.65. The molecule has 0 saturated carbocycles. The van der Waals surface area contributed by atoms with Crippen LogP contribution in [0.1, 0.15) is 28.2 Å². The van der Waals surface area contributed by atoms with Gasteiger partial charge in [-0.3, -0.25) is 14.6 Å². The maximum Gasteiger partial charge on any atom is 0.261 e. The van der Waals surface area contributed by atoms with E-state index in [0.717, 1.165) is 11.4 Å². The number of aromatic nitrogens is 1. The maximum atomic E-state index is 12.9. The fourth-order valence-corrected chi connectivity index (χ4v) is 3.44. The van der Waals surface area contributed by atoms with E-state index in [1.165, 1.54) is 11.3 Å². The average Bonchev–Trinajstić information content (AvgIpc) is 3.26. The number of hydrogen-bond donors (Lipinski definition) is 1.